The number of carbonyl (C=O) groups is 1. The van der Waals surface area contributed by atoms with Gasteiger partial charge in [-0.1, -0.05) is 0 Å². The summed E-state index contributed by atoms with van der Waals surface area (Å²) in [5, 5.41) is 15.4. The predicted molar refractivity (Wildman–Crippen MR) is 81.3 cm³/mol. The molecule has 1 aromatic heterocycles. The first-order valence-corrected chi connectivity index (χ1v) is 7.66. The largest absolute Gasteiger partial charge is 0.444 e. The minimum absolute atomic E-state index is 0.219. The highest BCUT2D eigenvalue weighted by atomic mass is 16.6. The van der Waals surface area contributed by atoms with Crippen LogP contribution >= 0.6 is 0 Å². The molecular weight excluding hydrogens is 284 g/mol. The van der Waals surface area contributed by atoms with E-state index in [1.54, 1.807) is 11.9 Å². The van der Waals surface area contributed by atoms with Crippen molar-refractivity contribution in [3.63, 3.8) is 0 Å². The highest BCUT2D eigenvalue weighted by molar-refractivity contribution is 5.68. The maximum absolute atomic E-state index is 12.1. The van der Waals surface area contributed by atoms with E-state index in [9.17, 15) is 4.79 Å². The van der Waals surface area contributed by atoms with Crippen molar-refractivity contribution < 1.29 is 9.53 Å². The molecule has 2 heterocycles. The Morgan fingerprint density at radius 3 is 2.77 bits per heavy atom. The van der Waals surface area contributed by atoms with Crippen LogP contribution in [-0.2, 0) is 18.2 Å². The number of carbonyl (C=O) groups excluding carboxylic acids is 1. The van der Waals surface area contributed by atoms with Crippen molar-refractivity contribution in [2.24, 2.45) is 13.0 Å². The number of hydrogen-bond acceptors (Lipinski definition) is 6. The Kier molecular flexibility index (Phi) is 5.00. The number of aromatic nitrogens is 4. The van der Waals surface area contributed by atoms with Crippen molar-refractivity contribution in [1.82, 2.24) is 30.4 Å². The van der Waals surface area contributed by atoms with Gasteiger partial charge in [0.25, 0.3) is 0 Å². The number of ether oxygens (including phenoxy) is 1. The van der Waals surface area contributed by atoms with Gasteiger partial charge in [-0.3, -0.25) is 0 Å². The molecular formula is C14H26N6O2. The smallest absolute Gasteiger partial charge is 0.410 e. The lowest BCUT2D eigenvalue weighted by Crippen LogP contribution is -2.40. The van der Waals surface area contributed by atoms with Crippen LogP contribution in [0.4, 0.5) is 4.79 Å². The zero-order valence-electron chi connectivity index (χ0n) is 14.0. The summed E-state index contributed by atoms with van der Waals surface area (Å²) in [6.07, 6.45) is 1.42. The van der Waals surface area contributed by atoms with Gasteiger partial charge in [-0.05, 0) is 45.4 Å². The molecule has 2 unspecified atom stereocenters. The molecule has 1 saturated heterocycles. The highest BCUT2D eigenvalue weighted by Gasteiger charge is 2.34. The lowest BCUT2D eigenvalue weighted by molar-refractivity contribution is 0.0285. The summed E-state index contributed by atoms with van der Waals surface area (Å²) in [7, 11) is 3.68. The van der Waals surface area contributed by atoms with Crippen molar-refractivity contribution >= 4 is 6.09 Å². The van der Waals surface area contributed by atoms with E-state index in [1.165, 1.54) is 4.80 Å². The monoisotopic (exact) mass is 310 g/mol. The van der Waals surface area contributed by atoms with Crippen molar-refractivity contribution in [2.75, 3.05) is 20.1 Å². The van der Waals surface area contributed by atoms with Gasteiger partial charge in [0.1, 0.15) is 5.60 Å². The number of nitrogens with zero attached hydrogens (tertiary/aromatic N) is 5. The molecule has 2 rings (SSSR count). The standard InChI is InChI=1S/C14H26N6O2/c1-14(2,3)22-13(21)20-7-6-10(9-20)11(15-4)8-12-16-18-19(5)17-12/h10-11,15H,6-9H2,1-5H3. The quantitative estimate of drug-likeness (QED) is 0.876. The molecule has 8 nitrogen and oxygen atoms in total. The van der Waals surface area contributed by atoms with Crippen molar-refractivity contribution in [3.05, 3.63) is 5.82 Å². The average Bonchev–Trinajstić information content (AvgIpc) is 3.03. The van der Waals surface area contributed by atoms with E-state index in [0.29, 0.717) is 18.9 Å². The Bertz CT molecular complexity index is 510. The molecule has 22 heavy (non-hydrogen) atoms. The lowest BCUT2D eigenvalue weighted by Gasteiger charge is -2.25. The summed E-state index contributed by atoms with van der Waals surface area (Å²) in [5.74, 6) is 1.08. The summed E-state index contributed by atoms with van der Waals surface area (Å²) in [5.41, 5.74) is -0.457. The van der Waals surface area contributed by atoms with Gasteiger partial charge in [0, 0.05) is 25.6 Å². The molecule has 0 radical (unpaired) electrons. The Hall–Kier alpha value is -1.70. The van der Waals surface area contributed by atoms with Crippen LogP contribution in [0.5, 0.6) is 0 Å². The van der Waals surface area contributed by atoms with Crippen molar-refractivity contribution in [1.29, 1.82) is 0 Å². The zero-order valence-corrected chi connectivity index (χ0v) is 14.0. The van der Waals surface area contributed by atoms with Gasteiger partial charge in [0.2, 0.25) is 0 Å². The molecule has 1 aromatic rings. The number of hydrogen-bond donors (Lipinski definition) is 1. The molecule has 1 aliphatic heterocycles. The van der Waals surface area contributed by atoms with E-state index < -0.39 is 5.60 Å². The van der Waals surface area contributed by atoms with Gasteiger partial charge in [-0.2, -0.15) is 4.80 Å². The predicted octanol–water partition coefficient (Wildman–Crippen LogP) is 0.598. The Labute approximate surface area is 131 Å². The topological polar surface area (TPSA) is 85.2 Å². The maximum atomic E-state index is 12.1. The number of tetrazole rings is 1. The maximum Gasteiger partial charge on any atom is 0.410 e. The lowest BCUT2D eigenvalue weighted by atomic mass is 9.96. The highest BCUT2D eigenvalue weighted by Crippen LogP contribution is 2.23. The van der Waals surface area contributed by atoms with Gasteiger partial charge >= 0.3 is 6.09 Å². The van der Waals surface area contributed by atoms with Gasteiger partial charge in [0.05, 0.1) is 7.05 Å². The fourth-order valence-corrected chi connectivity index (χ4v) is 2.71. The first kappa shape index (κ1) is 16.7. The van der Waals surface area contributed by atoms with E-state index in [2.05, 4.69) is 20.7 Å². The molecule has 124 valence electrons. The molecule has 1 fully saturated rings. The zero-order chi connectivity index (χ0) is 16.3. The molecule has 0 aliphatic carbocycles. The minimum atomic E-state index is -0.457. The average molecular weight is 310 g/mol. The van der Waals surface area contributed by atoms with Gasteiger partial charge < -0.3 is 15.0 Å². The molecule has 1 N–H and O–H groups in total. The van der Waals surface area contributed by atoms with Crippen LogP contribution in [0.1, 0.15) is 33.0 Å². The number of nitrogens with one attached hydrogen (secondary N) is 1. The van der Waals surface area contributed by atoms with Gasteiger partial charge in [-0.15, -0.1) is 10.2 Å². The second-order valence-electron chi connectivity index (χ2n) is 6.77. The van der Waals surface area contributed by atoms with E-state index in [4.69, 9.17) is 4.74 Å². The summed E-state index contributed by atoms with van der Waals surface area (Å²) in [6, 6.07) is 0.219. The van der Waals surface area contributed by atoms with Gasteiger partial charge in [-0.25, -0.2) is 4.79 Å². The summed E-state index contributed by atoms with van der Waals surface area (Å²) in [4.78, 5) is 15.4. The fourth-order valence-electron chi connectivity index (χ4n) is 2.71. The second-order valence-corrected chi connectivity index (χ2v) is 6.77. The molecule has 0 bridgehead atoms. The second kappa shape index (κ2) is 6.60. The van der Waals surface area contributed by atoms with Crippen molar-refractivity contribution in [2.45, 2.75) is 45.3 Å². The first-order valence-electron chi connectivity index (χ1n) is 7.66. The summed E-state index contributed by atoms with van der Waals surface area (Å²) in [6.45, 7) is 7.07. The molecule has 1 aliphatic rings. The van der Waals surface area contributed by atoms with Crippen LogP contribution < -0.4 is 5.32 Å². The van der Waals surface area contributed by atoms with E-state index in [0.717, 1.165) is 18.8 Å². The van der Waals surface area contributed by atoms with E-state index >= 15 is 0 Å². The van der Waals surface area contributed by atoms with Crippen LogP contribution in [0.25, 0.3) is 0 Å². The number of aryl methyl sites for hydroxylation is 1. The SMILES string of the molecule is CNC(Cc1nnn(C)n1)C1CCN(C(=O)OC(C)(C)C)C1. The van der Waals surface area contributed by atoms with Crippen LogP contribution in [0.2, 0.25) is 0 Å². The molecule has 1 amide bonds. The Balaban J connectivity index is 1.91. The number of rotatable bonds is 4. The normalized spacial score (nSPS) is 20.2. The van der Waals surface area contributed by atoms with Gasteiger partial charge in [0.15, 0.2) is 5.82 Å². The Morgan fingerprint density at radius 2 is 2.23 bits per heavy atom. The fraction of sp³-hybridized carbons (Fsp3) is 0.857. The van der Waals surface area contributed by atoms with E-state index in [1.807, 2.05) is 27.8 Å². The third kappa shape index (κ3) is 4.40. The molecule has 8 heteroatoms. The van der Waals surface area contributed by atoms with E-state index in [-0.39, 0.29) is 12.1 Å². The van der Waals surface area contributed by atoms with Crippen LogP contribution in [0.3, 0.4) is 0 Å². The summed E-state index contributed by atoms with van der Waals surface area (Å²) < 4.78 is 5.43. The molecule has 0 saturated carbocycles. The molecule has 0 spiro atoms. The van der Waals surface area contributed by atoms with Crippen LogP contribution in [0.15, 0.2) is 0 Å². The van der Waals surface area contributed by atoms with Crippen LogP contribution in [0, 0.1) is 5.92 Å². The summed E-state index contributed by atoms with van der Waals surface area (Å²) >= 11 is 0. The number of likely N-dealkylation sites (N-methyl/N-ethyl adjacent to an activating group) is 1. The third-order valence-electron chi connectivity index (χ3n) is 3.77. The third-order valence-corrected chi connectivity index (χ3v) is 3.77. The number of likely N-dealkylation sites (tertiary alicyclic amines) is 1. The Morgan fingerprint density at radius 1 is 1.50 bits per heavy atom. The first-order chi connectivity index (χ1) is 10.3. The molecule has 0 aromatic carbocycles. The number of amides is 1. The van der Waals surface area contributed by atoms with Crippen LogP contribution in [-0.4, -0.2) is 63.0 Å². The molecule has 2 atom stereocenters. The van der Waals surface area contributed by atoms with Crippen molar-refractivity contribution in [3.8, 4) is 0 Å². The minimum Gasteiger partial charge on any atom is -0.444 e.